The Morgan fingerprint density at radius 2 is 0.977 bits per heavy atom. The van der Waals surface area contributed by atoms with Gasteiger partial charge in [-0.2, -0.15) is 5.26 Å². The van der Waals surface area contributed by atoms with Crippen molar-refractivity contribution in [3.05, 3.63) is 157 Å². The molecule has 0 radical (unpaired) electrons. The van der Waals surface area contributed by atoms with E-state index in [4.69, 9.17) is 4.98 Å². The molecule has 0 saturated carbocycles. The summed E-state index contributed by atoms with van der Waals surface area (Å²) in [6, 6.07) is 55.2. The first-order valence-electron chi connectivity index (χ1n) is 14.4. The maximum Gasteiger partial charge on any atom is 0.145 e. The van der Waals surface area contributed by atoms with E-state index in [0.717, 1.165) is 39.2 Å². The van der Waals surface area contributed by atoms with Crippen LogP contribution in [0, 0.1) is 11.3 Å². The maximum absolute atomic E-state index is 9.53. The number of nitrogens with zero attached hydrogens (tertiary/aromatic N) is 3. The van der Waals surface area contributed by atoms with E-state index in [1.54, 1.807) is 0 Å². The number of rotatable bonds is 4. The van der Waals surface area contributed by atoms with Crippen LogP contribution in [-0.4, -0.2) is 9.55 Å². The quantitative estimate of drug-likeness (QED) is 0.220. The molecule has 0 aliphatic heterocycles. The minimum absolute atomic E-state index is 0.599. The molecule has 0 amide bonds. The molecular weight excluding hydrogens is 522 g/mol. The normalized spacial score (nSPS) is 11.2. The topological polar surface area (TPSA) is 41.6 Å². The number of benzene rings is 7. The molecule has 0 saturated heterocycles. The number of fused-ring (bicyclic) bond motifs is 3. The molecule has 0 N–H and O–H groups in total. The van der Waals surface area contributed by atoms with Crippen molar-refractivity contribution in [2.24, 2.45) is 0 Å². The van der Waals surface area contributed by atoms with Crippen molar-refractivity contribution in [3.8, 4) is 45.4 Å². The second-order valence-electron chi connectivity index (χ2n) is 10.8. The molecule has 0 fully saturated rings. The fourth-order valence-electron chi connectivity index (χ4n) is 5.96. The van der Waals surface area contributed by atoms with Crippen LogP contribution in [0.2, 0.25) is 0 Å². The fourth-order valence-corrected chi connectivity index (χ4v) is 5.96. The summed E-state index contributed by atoms with van der Waals surface area (Å²) in [5.41, 5.74) is 9.07. The lowest BCUT2D eigenvalue weighted by atomic mass is 10.00. The average Bonchev–Trinajstić information content (AvgIpc) is 3.47. The van der Waals surface area contributed by atoms with E-state index in [2.05, 4.69) is 144 Å². The molecule has 1 heterocycles. The molecule has 0 spiro atoms. The summed E-state index contributed by atoms with van der Waals surface area (Å²) in [5.74, 6) is 0.841. The molecule has 43 heavy (non-hydrogen) atoms. The Balaban J connectivity index is 1.21. The lowest BCUT2D eigenvalue weighted by Gasteiger charge is -2.12. The summed E-state index contributed by atoms with van der Waals surface area (Å²) in [4.78, 5) is 5.04. The molecule has 7 aromatic carbocycles. The zero-order valence-electron chi connectivity index (χ0n) is 23.3. The van der Waals surface area contributed by atoms with Crippen LogP contribution in [0.4, 0.5) is 0 Å². The zero-order chi connectivity index (χ0) is 28.8. The Kier molecular flexibility index (Phi) is 5.84. The highest BCUT2D eigenvalue weighted by Gasteiger charge is 2.16. The minimum Gasteiger partial charge on any atom is -0.292 e. The molecule has 0 bridgehead atoms. The van der Waals surface area contributed by atoms with Gasteiger partial charge in [-0.25, -0.2) is 4.98 Å². The van der Waals surface area contributed by atoms with E-state index in [9.17, 15) is 5.26 Å². The summed E-state index contributed by atoms with van der Waals surface area (Å²) in [6.45, 7) is 0. The molecule has 3 heteroatoms. The van der Waals surface area contributed by atoms with E-state index < -0.39 is 0 Å². The van der Waals surface area contributed by atoms with Crippen molar-refractivity contribution in [1.82, 2.24) is 9.55 Å². The van der Waals surface area contributed by atoms with Gasteiger partial charge in [-0.3, -0.25) is 4.57 Å². The number of nitriles is 1. The van der Waals surface area contributed by atoms with Crippen LogP contribution in [0.1, 0.15) is 5.56 Å². The Bertz CT molecular complexity index is 2340. The van der Waals surface area contributed by atoms with Gasteiger partial charge in [0.15, 0.2) is 0 Å². The molecule has 3 nitrogen and oxygen atoms in total. The molecule has 1 aromatic heterocycles. The molecule has 0 atom stereocenters. The largest absolute Gasteiger partial charge is 0.292 e. The zero-order valence-corrected chi connectivity index (χ0v) is 23.3. The molecule has 0 aliphatic rings. The minimum atomic E-state index is 0.599. The van der Waals surface area contributed by atoms with Crippen LogP contribution in [0.5, 0.6) is 0 Å². The van der Waals surface area contributed by atoms with Gasteiger partial charge in [-0.1, -0.05) is 109 Å². The van der Waals surface area contributed by atoms with E-state index >= 15 is 0 Å². The number of hydrogen-bond acceptors (Lipinski definition) is 2. The molecule has 8 aromatic rings. The lowest BCUT2D eigenvalue weighted by Crippen LogP contribution is -1.97. The first kappa shape index (κ1) is 24.8. The van der Waals surface area contributed by atoms with E-state index in [0.29, 0.717) is 5.56 Å². The van der Waals surface area contributed by atoms with Crippen LogP contribution in [-0.2, 0) is 0 Å². The predicted molar refractivity (Wildman–Crippen MR) is 177 cm³/mol. The van der Waals surface area contributed by atoms with Crippen molar-refractivity contribution in [3.63, 3.8) is 0 Å². The summed E-state index contributed by atoms with van der Waals surface area (Å²) in [7, 11) is 0. The van der Waals surface area contributed by atoms with Gasteiger partial charge in [0, 0.05) is 11.3 Å². The first-order valence-corrected chi connectivity index (χ1v) is 14.4. The van der Waals surface area contributed by atoms with Gasteiger partial charge in [0.25, 0.3) is 0 Å². The van der Waals surface area contributed by atoms with Crippen molar-refractivity contribution >= 4 is 32.6 Å². The Morgan fingerprint density at radius 3 is 1.56 bits per heavy atom. The Morgan fingerprint density at radius 1 is 0.465 bits per heavy atom. The van der Waals surface area contributed by atoms with E-state index in [1.807, 2.05) is 18.2 Å². The third kappa shape index (κ3) is 4.43. The van der Waals surface area contributed by atoms with E-state index in [1.165, 1.54) is 32.7 Å². The van der Waals surface area contributed by atoms with Gasteiger partial charge in [0.05, 0.1) is 22.7 Å². The van der Waals surface area contributed by atoms with Crippen molar-refractivity contribution in [1.29, 1.82) is 5.26 Å². The van der Waals surface area contributed by atoms with Gasteiger partial charge in [0.2, 0.25) is 0 Å². The van der Waals surface area contributed by atoms with Gasteiger partial charge < -0.3 is 0 Å². The SMILES string of the molecule is N#Cc1ccc2c(c1)nc(-c1ccc(-c3ccc4ccccc4c3)cc1)n2-c1ccc(-c2ccc3ccccc3c2)cc1. The third-order valence-electron chi connectivity index (χ3n) is 8.22. The number of aromatic nitrogens is 2. The van der Waals surface area contributed by atoms with Crippen LogP contribution in [0.15, 0.2) is 152 Å². The lowest BCUT2D eigenvalue weighted by molar-refractivity contribution is 1.10. The summed E-state index contributed by atoms with van der Waals surface area (Å²) in [5, 5.41) is 14.5. The molecule has 200 valence electrons. The first-order chi connectivity index (χ1) is 21.2. The van der Waals surface area contributed by atoms with Gasteiger partial charge in [-0.05, 0) is 86.3 Å². The standard InChI is InChI=1S/C40H25N3/c41-26-27-9-22-39-38(23-27)42-40(32-14-10-30(11-15-32)35-16-12-28-5-1-3-7-33(28)24-35)43(39)37-20-18-31(19-21-37)36-17-13-29-6-2-4-8-34(29)25-36/h1-25H. The summed E-state index contributed by atoms with van der Waals surface area (Å²) >= 11 is 0. The Labute approximate surface area is 249 Å². The number of hydrogen-bond donors (Lipinski definition) is 0. The van der Waals surface area contributed by atoms with Gasteiger partial charge >= 0.3 is 0 Å². The van der Waals surface area contributed by atoms with Gasteiger partial charge in [-0.15, -0.1) is 0 Å². The number of imidazole rings is 1. The molecule has 0 unspecified atom stereocenters. The average molecular weight is 548 g/mol. The highest BCUT2D eigenvalue weighted by Crippen LogP contribution is 2.33. The van der Waals surface area contributed by atoms with Crippen molar-refractivity contribution in [2.75, 3.05) is 0 Å². The smallest absolute Gasteiger partial charge is 0.145 e. The highest BCUT2D eigenvalue weighted by atomic mass is 15.1. The summed E-state index contributed by atoms with van der Waals surface area (Å²) in [6.07, 6.45) is 0. The predicted octanol–water partition coefficient (Wildman–Crippen LogP) is 10.2. The van der Waals surface area contributed by atoms with Crippen LogP contribution in [0.3, 0.4) is 0 Å². The fraction of sp³-hybridized carbons (Fsp3) is 0. The van der Waals surface area contributed by atoms with Crippen LogP contribution in [0.25, 0.3) is 71.9 Å². The molecule has 8 rings (SSSR count). The van der Waals surface area contributed by atoms with Crippen molar-refractivity contribution < 1.29 is 0 Å². The molecular formula is C40H25N3. The highest BCUT2D eigenvalue weighted by molar-refractivity contribution is 5.89. The third-order valence-corrected chi connectivity index (χ3v) is 8.22. The second-order valence-corrected chi connectivity index (χ2v) is 10.8. The van der Waals surface area contributed by atoms with Crippen LogP contribution >= 0.6 is 0 Å². The van der Waals surface area contributed by atoms with E-state index in [-0.39, 0.29) is 0 Å². The second kappa shape index (κ2) is 10.1. The van der Waals surface area contributed by atoms with Crippen molar-refractivity contribution in [2.45, 2.75) is 0 Å². The summed E-state index contributed by atoms with van der Waals surface area (Å²) < 4.78 is 2.19. The molecule has 0 aliphatic carbocycles. The Hall–Kier alpha value is -5.98. The maximum atomic E-state index is 9.53. The monoisotopic (exact) mass is 547 g/mol. The van der Waals surface area contributed by atoms with Gasteiger partial charge in [0.1, 0.15) is 5.82 Å². The van der Waals surface area contributed by atoms with Crippen LogP contribution < -0.4 is 0 Å².